The van der Waals surface area contributed by atoms with E-state index in [1.165, 1.54) is 4.88 Å². The van der Waals surface area contributed by atoms with Crippen LogP contribution in [0.5, 0.6) is 0 Å². The number of hydrogen-bond donors (Lipinski definition) is 1. The van der Waals surface area contributed by atoms with Crippen LogP contribution >= 0.6 is 35.3 Å². The Bertz CT molecular complexity index is 790. The molecule has 0 saturated carbocycles. The largest absolute Gasteiger partial charge is 0.354 e. The van der Waals surface area contributed by atoms with Crippen molar-refractivity contribution >= 4 is 52.9 Å². The summed E-state index contributed by atoms with van der Waals surface area (Å²) in [5, 5.41) is 9.69. The second-order valence-electron chi connectivity index (χ2n) is 6.76. The molecule has 1 fully saturated rings. The zero-order valence-electron chi connectivity index (χ0n) is 16.7. The first-order valence-electron chi connectivity index (χ1n) is 8.94. The maximum Gasteiger partial charge on any atom is 0.246 e. The van der Waals surface area contributed by atoms with E-state index in [0.717, 1.165) is 24.7 Å². The lowest BCUT2D eigenvalue weighted by molar-refractivity contribution is -0.120. The van der Waals surface area contributed by atoms with Crippen LogP contribution < -0.4 is 10.2 Å². The fourth-order valence-electron chi connectivity index (χ4n) is 3.21. The number of likely N-dealkylation sites (N-methyl/N-ethyl adjacent to an activating group) is 1. The van der Waals surface area contributed by atoms with Crippen LogP contribution in [-0.2, 0) is 11.8 Å². The normalized spacial score (nSPS) is 16.3. The number of aromatic nitrogens is 2. The van der Waals surface area contributed by atoms with Gasteiger partial charge in [0.1, 0.15) is 6.54 Å². The van der Waals surface area contributed by atoms with E-state index >= 15 is 0 Å². The summed E-state index contributed by atoms with van der Waals surface area (Å²) in [6, 6.07) is 4.48. The molecule has 28 heavy (non-hydrogen) atoms. The average molecular weight is 517 g/mol. The lowest BCUT2D eigenvalue weighted by Gasteiger charge is -2.36. The third-order valence-corrected chi connectivity index (χ3v) is 5.66. The maximum atomic E-state index is 12.6. The Labute approximate surface area is 187 Å². The summed E-state index contributed by atoms with van der Waals surface area (Å²) >= 11 is 1.75. The minimum absolute atomic E-state index is 0. The molecule has 0 aromatic carbocycles. The molecule has 10 heteroatoms. The summed E-state index contributed by atoms with van der Waals surface area (Å²) < 4.78 is 1.71. The van der Waals surface area contributed by atoms with E-state index in [4.69, 9.17) is 0 Å². The van der Waals surface area contributed by atoms with Crippen molar-refractivity contribution < 1.29 is 4.79 Å². The minimum Gasteiger partial charge on any atom is -0.354 e. The number of aliphatic imine (C=N–C) groups is 1. The summed E-state index contributed by atoms with van der Waals surface area (Å²) in [4.78, 5) is 24.3. The Hall–Kier alpha value is -1.66. The number of halogens is 1. The molecular formula is C18H28IN7OS. The van der Waals surface area contributed by atoms with Gasteiger partial charge in [-0.25, -0.2) is 0 Å². The number of amides is 1. The third-order valence-electron chi connectivity index (χ3n) is 4.68. The molecule has 3 rings (SSSR count). The van der Waals surface area contributed by atoms with Crippen LogP contribution in [0.3, 0.4) is 0 Å². The molecule has 1 unspecified atom stereocenters. The highest BCUT2D eigenvalue weighted by atomic mass is 127. The van der Waals surface area contributed by atoms with Gasteiger partial charge in [0.15, 0.2) is 5.96 Å². The van der Waals surface area contributed by atoms with Crippen molar-refractivity contribution in [2.24, 2.45) is 12.0 Å². The third kappa shape index (κ3) is 5.23. The van der Waals surface area contributed by atoms with Gasteiger partial charge in [0, 0.05) is 44.8 Å². The van der Waals surface area contributed by atoms with Gasteiger partial charge in [0.2, 0.25) is 5.91 Å². The van der Waals surface area contributed by atoms with Gasteiger partial charge in [-0.05, 0) is 25.5 Å². The summed E-state index contributed by atoms with van der Waals surface area (Å²) in [7, 11) is 7.76. The molecule has 154 valence electrons. The molecule has 2 aromatic rings. The van der Waals surface area contributed by atoms with Gasteiger partial charge >= 0.3 is 0 Å². The summed E-state index contributed by atoms with van der Waals surface area (Å²) in [6.07, 6.45) is 3.59. The van der Waals surface area contributed by atoms with E-state index in [2.05, 4.69) is 51.9 Å². The SMILES string of the molecule is CN=C(NCC(c1cccs1)N(C)C)N1CCN(c2cnn(C)c2)C(=O)C1.I. The summed E-state index contributed by atoms with van der Waals surface area (Å²) in [5.41, 5.74) is 0.843. The smallest absolute Gasteiger partial charge is 0.246 e. The molecule has 0 bridgehead atoms. The Morgan fingerprint density at radius 2 is 2.21 bits per heavy atom. The van der Waals surface area contributed by atoms with Gasteiger partial charge in [-0.1, -0.05) is 6.07 Å². The van der Waals surface area contributed by atoms with Crippen molar-refractivity contribution in [3.63, 3.8) is 0 Å². The standard InChI is InChI=1S/C18H27N7OS.HI/c1-19-18(20-11-15(22(2)3)16-6-5-9-27-16)24-7-8-25(17(26)13-24)14-10-21-23(4)12-14;/h5-6,9-10,12,15H,7-8,11,13H2,1-4H3,(H,19,20);1H. The molecule has 2 aromatic heterocycles. The molecule has 1 aliphatic heterocycles. The van der Waals surface area contributed by atoms with E-state index in [9.17, 15) is 4.79 Å². The number of nitrogens with zero attached hydrogens (tertiary/aromatic N) is 6. The first-order valence-corrected chi connectivity index (χ1v) is 9.82. The highest BCUT2D eigenvalue weighted by Crippen LogP contribution is 2.22. The van der Waals surface area contributed by atoms with Gasteiger partial charge in [-0.3, -0.25) is 14.5 Å². The lowest BCUT2D eigenvalue weighted by atomic mass is 10.2. The predicted octanol–water partition coefficient (Wildman–Crippen LogP) is 1.63. The van der Waals surface area contributed by atoms with Crippen molar-refractivity contribution in [3.8, 4) is 0 Å². The summed E-state index contributed by atoms with van der Waals surface area (Å²) in [5.74, 6) is 0.817. The molecule has 8 nitrogen and oxygen atoms in total. The second kappa shape index (κ2) is 10.2. The molecule has 0 spiro atoms. The second-order valence-corrected chi connectivity index (χ2v) is 7.74. The van der Waals surface area contributed by atoms with Crippen molar-refractivity contribution in [1.29, 1.82) is 0 Å². The number of thiophene rings is 1. The van der Waals surface area contributed by atoms with Crippen molar-refractivity contribution in [3.05, 3.63) is 34.8 Å². The predicted molar refractivity (Wildman–Crippen MR) is 125 cm³/mol. The number of piperazine rings is 1. The van der Waals surface area contributed by atoms with Crippen LogP contribution in [0.25, 0.3) is 0 Å². The monoisotopic (exact) mass is 517 g/mol. The zero-order valence-corrected chi connectivity index (χ0v) is 19.8. The van der Waals surface area contributed by atoms with Gasteiger partial charge in [0.05, 0.1) is 17.9 Å². The van der Waals surface area contributed by atoms with Gasteiger partial charge in [-0.15, -0.1) is 35.3 Å². The fourth-order valence-corrected chi connectivity index (χ4v) is 4.14. The molecule has 1 aliphatic rings. The number of carbonyl (C=O) groups excluding carboxylic acids is 1. The Balaban J connectivity index is 0.00000280. The first kappa shape index (κ1) is 22.6. The topological polar surface area (TPSA) is 69.0 Å². The number of guanidine groups is 1. The molecular weight excluding hydrogens is 489 g/mol. The Morgan fingerprint density at radius 1 is 1.43 bits per heavy atom. The Kier molecular flexibility index (Phi) is 8.25. The molecule has 0 aliphatic carbocycles. The van der Waals surface area contributed by atoms with Crippen molar-refractivity contribution in [1.82, 2.24) is 24.9 Å². The van der Waals surface area contributed by atoms with E-state index in [1.807, 2.05) is 18.1 Å². The molecule has 1 atom stereocenters. The van der Waals surface area contributed by atoms with E-state index in [1.54, 1.807) is 34.2 Å². The van der Waals surface area contributed by atoms with Crippen molar-refractivity contribution in [2.45, 2.75) is 6.04 Å². The van der Waals surface area contributed by atoms with E-state index in [0.29, 0.717) is 13.1 Å². The number of anilines is 1. The first-order chi connectivity index (χ1) is 13.0. The maximum absolute atomic E-state index is 12.6. The minimum atomic E-state index is 0. The van der Waals surface area contributed by atoms with Crippen LogP contribution in [0.2, 0.25) is 0 Å². The quantitative estimate of drug-likeness (QED) is 0.371. The number of rotatable bonds is 5. The van der Waals surface area contributed by atoms with Gasteiger partial charge < -0.3 is 20.0 Å². The molecule has 3 heterocycles. The van der Waals surface area contributed by atoms with Gasteiger partial charge in [-0.2, -0.15) is 5.10 Å². The van der Waals surface area contributed by atoms with Crippen LogP contribution in [0.1, 0.15) is 10.9 Å². The van der Waals surface area contributed by atoms with E-state index in [-0.39, 0.29) is 35.9 Å². The summed E-state index contributed by atoms with van der Waals surface area (Å²) in [6.45, 7) is 2.39. The van der Waals surface area contributed by atoms with Crippen LogP contribution in [-0.4, -0.2) is 78.8 Å². The van der Waals surface area contributed by atoms with Crippen LogP contribution in [0.15, 0.2) is 34.9 Å². The fraction of sp³-hybridized carbons (Fsp3) is 0.500. The lowest BCUT2D eigenvalue weighted by Crippen LogP contribution is -2.56. The van der Waals surface area contributed by atoms with E-state index < -0.39 is 0 Å². The molecule has 0 radical (unpaired) electrons. The zero-order chi connectivity index (χ0) is 19.4. The number of aryl methyl sites for hydroxylation is 1. The highest BCUT2D eigenvalue weighted by Gasteiger charge is 2.28. The molecule has 1 amide bonds. The van der Waals surface area contributed by atoms with Gasteiger partial charge in [0.25, 0.3) is 0 Å². The van der Waals surface area contributed by atoms with Crippen molar-refractivity contribution in [2.75, 3.05) is 52.2 Å². The molecule has 1 saturated heterocycles. The van der Waals surface area contributed by atoms with Crippen LogP contribution in [0, 0.1) is 0 Å². The molecule has 1 N–H and O–H groups in total. The number of nitrogens with one attached hydrogen (secondary N) is 1. The van der Waals surface area contributed by atoms with Crippen LogP contribution in [0.4, 0.5) is 5.69 Å². The Morgan fingerprint density at radius 3 is 2.75 bits per heavy atom. The number of carbonyl (C=O) groups is 1. The number of hydrogen-bond acceptors (Lipinski definition) is 5. The average Bonchev–Trinajstić information content (AvgIpc) is 3.30. The highest BCUT2D eigenvalue weighted by molar-refractivity contribution is 14.0.